The van der Waals surface area contributed by atoms with E-state index in [2.05, 4.69) is 0 Å². The molecule has 0 saturated carbocycles. The van der Waals surface area contributed by atoms with Crippen LogP contribution in [0.3, 0.4) is 0 Å². The Morgan fingerprint density at radius 2 is 1.59 bits per heavy atom. The highest BCUT2D eigenvalue weighted by Gasteiger charge is 2.31. The minimum absolute atomic E-state index is 0.0447. The molecule has 2 aliphatic heterocycles. The smallest absolute Gasteiger partial charge is 0.260 e. The zero-order valence-corrected chi connectivity index (χ0v) is 18.5. The van der Waals surface area contributed by atoms with E-state index in [0.29, 0.717) is 36.0 Å². The average Bonchev–Trinajstić information content (AvgIpc) is 2.82. The molecular weight excluding hydrogens is 436 g/mol. The SMILES string of the molecule is CC(=O)c1ccc(OCC(=O)N2CCN(S(=O)(=O)c3ccc4c(c3)OCCO4)CC2)cc1. The van der Waals surface area contributed by atoms with Gasteiger partial charge >= 0.3 is 0 Å². The van der Waals surface area contributed by atoms with Crippen molar-refractivity contribution in [2.75, 3.05) is 46.0 Å². The predicted molar refractivity (Wildman–Crippen MR) is 115 cm³/mol. The van der Waals surface area contributed by atoms with E-state index in [0.717, 1.165) is 0 Å². The van der Waals surface area contributed by atoms with Gasteiger partial charge in [-0.1, -0.05) is 0 Å². The van der Waals surface area contributed by atoms with E-state index in [9.17, 15) is 18.0 Å². The summed E-state index contributed by atoms with van der Waals surface area (Å²) < 4.78 is 43.8. The van der Waals surface area contributed by atoms with E-state index in [-0.39, 0.29) is 49.4 Å². The molecule has 0 unspecified atom stereocenters. The van der Waals surface area contributed by atoms with Crippen molar-refractivity contribution in [3.8, 4) is 17.2 Å². The molecule has 10 heteroatoms. The Bertz CT molecular complexity index is 1110. The second-order valence-electron chi connectivity index (χ2n) is 7.46. The number of hydrogen-bond donors (Lipinski definition) is 0. The normalized spacial score (nSPS) is 16.5. The molecule has 170 valence electrons. The molecule has 1 amide bonds. The number of piperazine rings is 1. The summed E-state index contributed by atoms with van der Waals surface area (Å²) in [5, 5.41) is 0. The van der Waals surface area contributed by atoms with Crippen LogP contribution in [0.1, 0.15) is 17.3 Å². The van der Waals surface area contributed by atoms with Crippen molar-refractivity contribution < 1.29 is 32.2 Å². The molecule has 32 heavy (non-hydrogen) atoms. The van der Waals surface area contributed by atoms with Crippen molar-refractivity contribution in [2.45, 2.75) is 11.8 Å². The highest BCUT2D eigenvalue weighted by Crippen LogP contribution is 2.33. The summed E-state index contributed by atoms with van der Waals surface area (Å²) in [4.78, 5) is 25.5. The fourth-order valence-electron chi connectivity index (χ4n) is 3.53. The third-order valence-corrected chi connectivity index (χ3v) is 7.26. The standard InChI is InChI=1S/C22H24N2O7S/c1-16(25)17-2-4-18(5-3-17)31-15-22(26)23-8-10-24(11-9-23)32(27,28)19-6-7-20-21(14-19)30-13-12-29-20/h2-7,14H,8-13,15H2,1H3. The molecule has 2 aromatic rings. The van der Waals surface area contributed by atoms with Crippen LogP contribution >= 0.6 is 0 Å². The quantitative estimate of drug-likeness (QED) is 0.603. The van der Waals surface area contributed by atoms with E-state index in [1.165, 1.54) is 23.4 Å². The Kier molecular flexibility index (Phi) is 6.33. The summed E-state index contributed by atoms with van der Waals surface area (Å²) in [5.41, 5.74) is 0.569. The molecule has 1 fully saturated rings. The van der Waals surface area contributed by atoms with Crippen LogP contribution in [0.2, 0.25) is 0 Å². The second-order valence-corrected chi connectivity index (χ2v) is 9.40. The Morgan fingerprint density at radius 3 is 2.25 bits per heavy atom. The topological polar surface area (TPSA) is 102 Å². The number of benzene rings is 2. The number of sulfonamides is 1. The van der Waals surface area contributed by atoms with E-state index in [1.807, 2.05) is 0 Å². The zero-order valence-electron chi connectivity index (χ0n) is 17.7. The van der Waals surface area contributed by atoms with Crippen LogP contribution in [0.15, 0.2) is 47.4 Å². The molecule has 0 bridgehead atoms. The molecule has 0 radical (unpaired) electrons. The summed E-state index contributed by atoms with van der Waals surface area (Å²) in [6.45, 7) is 3.06. The lowest BCUT2D eigenvalue weighted by Gasteiger charge is -2.34. The number of fused-ring (bicyclic) bond motifs is 1. The largest absolute Gasteiger partial charge is 0.486 e. The fourth-order valence-corrected chi connectivity index (χ4v) is 4.97. The van der Waals surface area contributed by atoms with Gasteiger partial charge in [-0.05, 0) is 43.3 Å². The molecular formula is C22H24N2O7S. The summed E-state index contributed by atoms with van der Waals surface area (Å²) >= 11 is 0. The van der Waals surface area contributed by atoms with Gasteiger partial charge in [-0.15, -0.1) is 0 Å². The van der Waals surface area contributed by atoms with Crippen LogP contribution in [0.25, 0.3) is 0 Å². The highest BCUT2D eigenvalue weighted by molar-refractivity contribution is 7.89. The molecule has 0 N–H and O–H groups in total. The summed E-state index contributed by atoms with van der Waals surface area (Å²) in [6.07, 6.45) is 0. The molecule has 2 heterocycles. The van der Waals surface area contributed by atoms with E-state index in [1.54, 1.807) is 35.2 Å². The molecule has 4 rings (SSSR count). The molecule has 0 aromatic heterocycles. The first-order valence-electron chi connectivity index (χ1n) is 10.3. The van der Waals surface area contributed by atoms with Gasteiger partial charge in [0, 0.05) is 37.8 Å². The van der Waals surface area contributed by atoms with Gasteiger partial charge in [0.25, 0.3) is 5.91 Å². The predicted octanol–water partition coefficient (Wildman–Crippen LogP) is 1.57. The van der Waals surface area contributed by atoms with Crippen LogP contribution < -0.4 is 14.2 Å². The summed E-state index contributed by atoms with van der Waals surface area (Å²) in [6, 6.07) is 11.1. The Balaban J connectivity index is 1.32. The molecule has 0 aliphatic carbocycles. The van der Waals surface area contributed by atoms with Crippen molar-refractivity contribution >= 4 is 21.7 Å². The van der Waals surface area contributed by atoms with Crippen LogP contribution in [-0.4, -0.2) is 75.3 Å². The number of rotatable bonds is 6. The van der Waals surface area contributed by atoms with Crippen molar-refractivity contribution in [3.05, 3.63) is 48.0 Å². The highest BCUT2D eigenvalue weighted by atomic mass is 32.2. The van der Waals surface area contributed by atoms with Crippen molar-refractivity contribution in [1.82, 2.24) is 9.21 Å². The third kappa shape index (κ3) is 4.71. The maximum Gasteiger partial charge on any atom is 0.260 e. The van der Waals surface area contributed by atoms with Crippen LogP contribution in [0.4, 0.5) is 0 Å². The number of hydrogen-bond acceptors (Lipinski definition) is 7. The number of carbonyl (C=O) groups is 2. The molecule has 0 spiro atoms. The fraction of sp³-hybridized carbons (Fsp3) is 0.364. The number of carbonyl (C=O) groups excluding carboxylic acids is 2. The van der Waals surface area contributed by atoms with Gasteiger partial charge in [-0.2, -0.15) is 4.31 Å². The van der Waals surface area contributed by atoms with E-state index < -0.39 is 10.0 Å². The minimum Gasteiger partial charge on any atom is -0.486 e. The lowest BCUT2D eigenvalue weighted by Crippen LogP contribution is -2.51. The van der Waals surface area contributed by atoms with Gasteiger partial charge in [-0.25, -0.2) is 8.42 Å². The van der Waals surface area contributed by atoms with Crippen LogP contribution in [0, 0.1) is 0 Å². The average molecular weight is 461 g/mol. The number of nitrogens with zero attached hydrogens (tertiary/aromatic N) is 2. The lowest BCUT2D eigenvalue weighted by atomic mass is 10.1. The van der Waals surface area contributed by atoms with Gasteiger partial charge in [-0.3, -0.25) is 9.59 Å². The molecule has 2 aromatic carbocycles. The second kappa shape index (κ2) is 9.17. The summed E-state index contributed by atoms with van der Waals surface area (Å²) in [5.74, 6) is 1.16. The first-order chi connectivity index (χ1) is 15.3. The molecule has 2 aliphatic rings. The zero-order chi connectivity index (χ0) is 22.7. The van der Waals surface area contributed by atoms with Gasteiger partial charge in [0.05, 0.1) is 4.90 Å². The maximum absolute atomic E-state index is 13.0. The summed E-state index contributed by atoms with van der Waals surface area (Å²) in [7, 11) is -3.71. The molecule has 0 atom stereocenters. The Labute approximate surface area is 186 Å². The van der Waals surface area contributed by atoms with Crippen molar-refractivity contribution in [1.29, 1.82) is 0 Å². The number of Topliss-reactive ketones (excluding diaryl/α,β-unsaturated/α-hetero) is 1. The first-order valence-corrected chi connectivity index (χ1v) is 11.7. The van der Waals surface area contributed by atoms with Gasteiger partial charge in [0.1, 0.15) is 19.0 Å². The van der Waals surface area contributed by atoms with Gasteiger partial charge < -0.3 is 19.1 Å². The minimum atomic E-state index is -3.71. The van der Waals surface area contributed by atoms with E-state index in [4.69, 9.17) is 14.2 Å². The monoisotopic (exact) mass is 460 g/mol. The molecule has 9 nitrogen and oxygen atoms in total. The van der Waals surface area contributed by atoms with Gasteiger partial charge in [0.15, 0.2) is 23.9 Å². The maximum atomic E-state index is 13.0. The van der Waals surface area contributed by atoms with Crippen LogP contribution in [-0.2, 0) is 14.8 Å². The van der Waals surface area contributed by atoms with Crippen molar-refractivity contribution in [3.63, 3.8) is 0 Å². The number of amides is 1. The first kappa shape index (κ1) is 22.1. The number of ketones is 1. The molecule has 1 saturated heterocycles. The van der Waals surface area contributed by atoms with Crippen molar-refractivity contribution in [2.24, 2.45) is 0 Å². The number of ether oxygens (including phenoxy) is 3. The van der Waals surface area contributed by atoms with Crippen LogP contribution in [0.5, 0.6) is 17.2 Å². The Hall–Kier alpha value is -3.11. The Morgan fingerprint density at radius 1 is 0.938 bits per heavy atom. The lowest BCUT2D eigenvalue weighted by molar-refractivity contribution is -0.134. The van der Waals surface area contributed by atoms with Gasteiger partial charge in [0.2, 0.25) is 10.0 Å². The van der Waals surface area contributed by atoms with E-state index >= 15 is 0 Å². The third-order valence-electron chi connectivity index (χ3n) is 5.37.